The van der Waals surface area contributed by atoms with Crippen LogP contribution in [0.1, 0.15) is 12.0 Å². The van der Waals surface area contributed by atoms with E-state index in [1.165, 1.54) is 24.5 Å². The van der Waals surface area contributed by atoms with Gasteiger partial charge in [0.15, 0.2) is 0 Å². The van der Waals surface area contributed by atoms with Crippen LogP contribution in [0.2, 0.25) is 0 Å². The maximum absolute atomic E-state index is 12.5. The first kappa shape index (κ1) is 14.5. The fourth-order valence-corrected chi connectivity index (χ4v) is 3.47. The second-order valence-corrected chi connectivity index (χ2v) is 5.89. The number of hydrogen-bond donors (Lipinski definition) is 1. The van der Waals surface area contributed by atoms with E-state index in [0.717, 1.165) is 6.42 Å². The van der Waals surface area contributed by atoms with Gasteiger partial charge in [0.25, 0.3) is 6.26 Å². The smallest absolute Gasteiger partial charge is 0.292 e. The Morgan fingerprint density at radius 1 is 1.50 bits per heavy atom. The number of aliphatic hydroxyl groups excluding tert-OH is 1. The van der Waals surface area contributed by atoms with Crippen LogP contribution in [0.4, 0.5) is 0 Å². The van der Waals surface area contributed by atoms with Crippen LogP contribution < -0.4 is 4.74 Å². The third-order valence-electron chi connectivity index (χ3n) is 3.16. The van der Waals surface area contributed by atoms with Crippen LogP contribution in [0.25, 0.3) is 0 Å². The van der Waals surface area contributed by atoms with Crippen LogP contribution in [0.5, 0.6) is 5.75 Å². The zero-order valence-electron chi connectivity index (χ0n) is 10.7. The number of nitriles is 2. The van der Waals surface area contributed by atoms with Crippen molar-refractivity contribution >= 4 is 11.0 Å². The molecule has 0 spiro atoms. The Bertz CT molecular complexity index is 606. The highest BCUT2D eigenvalue weighted by Gasteiger charge is 2.27. The molecule has 1 aromatic rings. The summed E-state index contributed by atoms with van der Waals surface area (Å²) >= 11 is 0. The number of hydrogen-bond acceptors (Lipinski definition) is 5. The predicted molar refractivity (Wildman–Crippen MR) is 70.6 cm³/mol. The molecular weight excluding hydrogens is 278 g/mol. The van der Waals surface area contributed by atoms with Crippen molar-refractivity contribution in [3.05, 3.63) is 23.8 Å². The summed E-state index contributed by atoms with van der Waals surface area (Å²) in [7, 11) is -1.44. The molecule has 0 aliphatic carbocycles. The minimum Gasteiger partial charge on any atom is -0.396 e. The highest BCUT2D eigenvalue weighted by atomic mass is 32.2. The highest BCUT2D eigenvalue weighted by Crippen LogP contribution is 2.25. The third-order valence-corrected chi connectivity index (χ3v) is 4.70. The van der Waals surface area contributed by atoms with Crippen molar-refractivity contribution in [1.29, 1.82) is 10.5 Å². The van der Waals surface area contributed by atoms with Gasteiger partial charge in [-0.05, 0) is 24.5 Å². The molecule has 6 nitrogen and oxygen atoms in total. The molecule has 1 saturated heterocycles. The van der Waals surface area contributed by atoms with Crippen molar-refractivity contribution in [2.24, 2.45) is 5.92 Å². The average molecular weight is 291 g/mol. The fourth-order valence-electron chi connectivity index (χ4n) is 2.10. The molecule has 2 atom stereocenters. The average Bonchev–Trinajstić information content (AvgIpc) is 2.95. The Hall–Kier alpha value is -1.93. The number of nitrogens with zero attached hydrogens (tertiary/aromatic N) is 3. The normalized spacial score (nSPS) is 20.1. The van der Waals surface area contributed by atoms with Gasteiger partial charge in [-0.1, -0.05) is 0 Å². The lowest BCUT2D eigenvalue weighted by Gasteiger charge is -2.15. The Kier molecular flexibility index (Phi) is 4.70. The van der Waals surface area contributed by atoms with Crippen LogP contribution in [0.15, 0.2) is 23.1 Å². The van der Waals surface area contributed by atoms with Gasteiger partial charge >= 0.3 is 0 Å². The quantitative estimate of drug-likeness (QED) is 0.826. The lowest BCUT2D eigenvalue weighted by atomic mass is 10.1. The first-order chi connectivity index (χ1) is 9.69. The van der Waals surface area contributed by atoms with Gasteiger partial charge in [-0.15, -0.1) is 5.26 Å². The molecule has 0 saturated carbocycles. The summed E-state index contributed by atoms with van der Waals surface area (Å²) in [5.74, 6) is 0.380. The van der Waals surface area contributed by atoms with Gasteiger partial charge < -0.3 is 9.84 Å². The van der Waals surface area contributed by atoms with Gasteiger partial charge in [0.1, 0.15) is 22.8 Å². The summed E-state index contributed by atoms with van der Waals surface area (Å²) in [5.41, 5.74) is 0.225. The topological polar surface area (TPSA) is 97.3 Å². The van der Waals surface area contributed by atoms with Crippen LogP contribution in [0, 0.1) is 28.8 Å². The van der Waals surface area contributed by atoms with Crippen molar-refractivity contribution in [3.63, 3.8) is 0 Å². The van der Waals surface area contributed by atoms with Gasteiger partial charge in [-0.3, -0.25) is 0 Å². The molecule has 0 aromatic heterocycles. The Morgan fingerprint density at radius 3 is 2.90 bits per heavy atom. The number of aliphatic hydroxyl groups is 1. The summed E-state index contributed by atoms with van der Waals surface area (Å²) in [4.78, 5) is 0.399. The Morgan fingerprint density at radius 2 is 2.30 bits per heavy atom. The standard InChI is InChI=1S/C13H13N3O3S/c14-6-11-5-12(19-9-15)1-2-13(11)20(18)16-4-3-10(7-16)8-17/h1-2,5,10,17H,3-4,7-8H2. The summed E-state index contributed by atoms with van der Waals surface area (Å²) in [6, 6.07) is 6.41. The van der Waals surface area contributed by atoms with Crippen LogP contribution in [-0.2, 0) is 11.0 Å². The summed E-state index contributed by atoms with van der Waals surface area (Å²) in [6.45, 7) is 1.25. The predicted octanol–water partition coefficient (Wildman–Crippen LogP) is 0.755. The second-order valence-electron chi connectivity index (χ2n) is 4.44. The SMILES string of the molecule is N#COc1ccc(S(=O)N2CCC(CO)C2)c(C#N)c1. The molecule has 1 aliphatic heterocycles. The van der Waals surface area contributed by atoms with Crippen molar-refractivity contribution < 1.29 is 14.1 Å². The molecule has 104 valence electrons. The lowest BCUT2D eigenvalue weighted by Crippen LogP contribution is -2.24. The zero-order chi connectivity index (χ0) is 14.5. The van der Waals surface area contributed by atoms with Gasteiger partial charge in [-0.25, -0.2) is 8.51 Å². The number of benzene rings is 1. The summed E-state index contributed by atoms with van der Waals surface area (Å²) < 4.78 is 18.8. The molecule has 1 aromatic carbocycles. The monoisotopic (exact) mass is 291 g/mol. The number of ether oxygens (including phenoxy) is 1. The van der Waals surface area contributed by atoms with E-state index >= 15 is 0 Å². The fraction of sp³-hybridized carbons (Fsp3) is 0.385. The van der Waals surface area contributed by atoms with Crippen LogP contribution in [-0.4, -0.2) is 33.3 Å². The molecule has 0 amide bonds. The van der Waals surface area contributed by atoms with Gasteiger partial charge in [0.2, 0.25) is 0 Å². The minimum absolute atomic E-state index is 0.0771. The van der Waals surface area contributed by atoms with E-state index in [9.17, 15) is 4.21 Å². The lowest BCUT2D eigenvalue weighted by molar-refractivity contribution is 0.233. The summed E-state index contributed by atoms with van der Waals surface area (Å²) in [6.07, 6.45) is 2.32. The molecule has 1 heterocycles. The van der Waals surface area contributed by atoms with Crippen LogP contribution >= 0.6 is 0 Å². The largest absolute Gasteiger partial charge is 0.396 e. The Labute approximate surface area is 119 Å². The van der Waals surface area contributed by atoms with Crippen molar-refractivity contribution in [1.82, 2.24) is 4.31 Å². The third kappa shape index (κ3) is 2.97. The first-order valence-electron chi connectivity index (χ1n) is 6.07. The van der Waals surface area contributed by atoms with Crippen molar-refractivity contribution in [2.75, 3.05) is 19.7 Å². The maximum Gasteiger partial charge on any atom is 0.292 e. The van der Waals surface area contributed by atoms with Crippen molar-refractivity contribution in [3.8, 4) is 18.1 Å². The van der Waals surface area contributed by atoms with E-state index in [-0.39, 0.29) is 23.8 Å². The Balaban J connectivity index is 2.22. The van der Waals surface area contributed by atoms with E-state index in [1.807, 2.05) is 6.07 Å². The molecule has 1 N–H and O–H groups in total. The highest BCUT2D eigenvalue weighted by molar-refractivity contribution is 7.82. The molecule has 2 rings (SSSR count). The molecule has 0 radical (unpaired) electrons. The molecule has 2 unspecified atom stereocenters. The van der Waals surface area contributed by atoms with Gasteiger partial charge in [0.05, 0.1) is 10.5 Å². The van der Waals surface area contributed by atoms with Gasteiger partial charge in [-0.2, -0.15) is 5.26 Å². The first-order valence-corrected chi connectivity index (χ1v) is 7.18. The van der Waals surface area contributed by atoms with E-state index in [2.05, 4.69) is 4.74 Å². The molecule has 20 heavy (non-hydrogen) atoms. The van der Waals surface area contributed by atoms with E-state index in [1.54, 1.807) is 4.31 Å². The molecular formula is C13H13N3O3S. The van der Waals surface area contributed by atoms with Crippen LogP contribution in [0.3, 0.4) is 0 Å². The molecule has 1 fully saturated rings. The van der Waals surface area contributed by atoms with E-state index in [0.29, 0.717) is 18.0 Å². The van der Waals surface area contributed by atoms with E-state index in [4.69, 9.17) is 15.6 Å². The second kappa shape index (κ2) is 6.49. The van der Waals surface area contributed by atoms with Gasteiger partial charge in [0, 0.05) is 25.8 Å². The van der Waals surface area contributed by atoms with E-state index < -0.39 is 11.0 Å². The summed E-state index contributed by atoms with van der Waals surface area (Å²) in [5, 5.41) is 26.7. The number of rotatable bonds is 4. The van der Waals surface area contributed by atoms with Crippen molar-refractivity contribution in [2.45, 2.75) is 11.3 Å². The minimum atomic E-state index is -1.44. The molecule has 1 aliphatic rings. The maximum atomic E-state index is 12.5. The zero-order valence-corrected chi connectivity index (χ0v) is 11.5. The molecule has 0 bridgehead atoms. The molecule has 7 heteroatoms.